The lowest BCUT2D eigenvalue weighted by Gasteiger charge is -2.32. The maximum atomic E-state index is 10.9. The molecule has 0 radical (unpaired) electrons. The average molecular weight is 375 g/mol. The summed E-state index contributed by atoms with van der Waals surface area (Å²) in [6.45, 7) is 7.10. The van der Waals surface area contributed by atoms with Crippen molar-refractivity contribution >= 4 is 5.97 Å². The fourth-order valence-corrected chi connectivity index (χ4v) is 4.36. The van der Waals surface area contributed by atoms with Gasteiger partial charge in [-0.15, -0.1) is 0 Å². The van der Waals surface area contributed by atoms with Crippen LogP contribution in [-0.2, 0) is 16.8 Å². The number of hydrogen-bond donors (Lipinski definition) is 2. The Labute approximate surface area is 167 Å². The van der Waals surface area contributed by atoms with E-state index in [4.69, 9.17) is 5.11 Å². The van der Waals surface area contributed by atoms with Gasteiger partial charge in [0.15, 0.2) is 0 Å². The lowest BCUT2D eigenvalue weighted by atomic mass is 9.85. The second-order valence-electron chi connectivity index (χ2n) is 8.68. The average Bonchev–Trinajstić information content (AvgIpc) is 3.45. The molecule has 28 heavy (non-hydrogen) atoms. The van der Waals surface area contributed by atoms with E-state index in [1.54, 1.807) is 0 Å². The van der Waals surface area contributed by atoms with Crippen LogP contribution >= 0.6 is 0 Å². The number of benzene rings is 2. The number of fused-ring (bicyclic) bond motifs is 2. The van der Waals surface area contributed by atoms with Crippen LogP contribution < -0.4 is 4.90 Å². The summed E-state index contributed by atoms with van der Waals surface area (Å²) in [6.07, 6.45) is 2.67. The van der Waals surface area contributed by atoms with Gasteiger partial charge in [-0.2, -0.15) is 0 Å². The zero-order valence-electron chi connectivity index (χ0n) is 16.7. The summed E-state index contributed by atoms with van der Waals surface area (Å²) in [7, 11) is 0. The lowest BCUT2D eigenvalue weighted by molar-refractivity contribution is -0.918. The molecule has 2 aliphatic rings. The molecule has 0 bridgehead atoms. The number of carboxylic acids is 1. The lowest BCUT2D eigenvalue weighted by Crippen LogP contribution is -3.12. The highest BCUT2D eigenvalue weighted by atomic mass is 16.4. The van der Waals surface area contributed by atoms with Crippen LogP contribution in [0, 0.1) is 11.8 Å². The minimum Gasteiger partial charge on any atom is -0.481 e. The van der Waals surface area contributed by atoms with Gasteiger partial charge in [0.2, 0.25) is 0 Å². The Kier molecular flexibility index (Phi) is 5.00. The second-order valence-corrected chi connectivity index (χ2v) is 8.68. The third kappa shape index (κ3) is 3.98. The van der Waals surface area contributed by atoms with Gasteiger partial charge in [-0.05, 0) is 54.2 Å². The molecule has 1 atom stereocenters. The van der Waals surface area contributed by atoms with Crippen molar-refractivity contribution in [3.8, 4) is 11.8 Å². The van der Waals surface area contributed by atoms with Crippen molar-refractivity contribution in [3.05, 3.63) is 70.3 Å². The first kappa shape index (κ1) is 18.8. The summed E-state index contributed by atoms with van der Waals surface area (Å²) in [5, 5.41) is 8.99. The van der Waals surface area contributed by atoms with Gasteiger partial charge in [0, 0.05) is 22.1 Å². The van der Waals surface area contributed by atoms with E-state index < -0.39 is 5.97 Å². The van der Waals surface area contributed by atoms with Gasteiger partial charge >= 0.3 is 5.97 Å². The normalized spacial score (nSPS) is 19.0. The predicted octanol–water partition coefficient (Wildman–Crippen LogP) is 3.11. The maximum absolute atomic E-state index is 10.9. The van der Waals surface area contributed by atoms with E-state index >= 15 is 0 Å². The van der Waals surface area contributed by atoms with Crippen LogP contribution in [0.5, 0.6) is 0 Å². The molecule has 1 fully saturated rings. The molecule has 0 saturated heterocycles. The van der Waals surface area contributed by atoms with E-state index in [1.165, 1.54) is 34.4 Å². The van der Waals surface area contributed by atoms with Gasteiger partial charge in [-0.1, -0.05) is 43.9 Å². The Morgan fingerprint density at radius 2 is 1.79 bits per heavy atom. The summed E-state index contributed by atoms with van der Waals surface area (Å²) in [6, 6.07) is 15.1. The number of carbonyl (C=O) groups is 1. The number of carboxylic acid groups (broad SMARTS) is 1. The quantitative estimate of drug-likeness (QED) is 0.808. The van der Waals surface area contributed by atoms with Crippen LogP contribution in [0.4, 0.5) is 0 Å². The number of rotatable bonds is 4. The first-order valence-electron chi connectivity index (χ1n) is 10.3. The van der Waals surface area contributed by atoms with Crippen LogP contribution in [0.2, 0.25) is 0 Å². The smallest absolute Gasteiger partial charge is 0.309 e. The van der Waals surface area contributed by atoms with Crippen LogP contribution in [-0.4, -0.2) is 24.2 Å². The van der Waals surface area contributed by atoms with Crippen molar-refractivity contribution in [2.24, 2.45) is 0 Å². The molecule has 1 aliphatic heterocycles. The zero-order chi connectivity index (χ0) is 19.7. The highest BCUT2D eigenvalue weighted by molar-refractivity contribution is 5.66. The molecule has 1 unspecified atom stereocenters. The van der Waals surface area contributed by atoms with Crippen LogP contribution in [0.25, 0.3) is 0 Å². The molecule has 144 valence electrons. The first-order valence-corrected chi connectivity index (χ1v) is 10.3. The topological polar surface area (TPSA) is 41.7 Å². The maximum Gasteiger partial charge on any atom is 0.309 e. The molecule has 1 heterocycles. The molecule has 1 aliphatic carbocycles. The summed E-state index contributed by atoms with van der Waals surface area (Å²) >= 11 is 0. The molecule has 0 aromatic heterocycles. The number of nitrogens with one attached hydrogen (secondary N) is 1. The Morgan fingerprint density at radius 3 is 2.43 bits per heavy atom. The summed E-state index contributed by atoms with van der Waals surface area (Å²) in [5.41, 5.74) is 6.55. The van der Waals surface area contributed by atoms with Gasteiger partial charge in [0.05, 0.1) is 19.5 Å². The minimum atomic E-state index is -0.699. The Bertz CT molecular complexity index is 943. The molecular formula is C25H28NO2+. The van der Waals surface area contributed by atoms with Crippen molar-refractivity contribution < 1.29 is 14.8 Å². The van der Waals surface area contributed by atoms with Gasteiger partial charge < -0.3 is 10.0 Å². The molecule has 0 amide bonds. The van der Waals surface area contributed by atoms with E-state index in [2.05, 4.69) is 68.2 Å². The minimum absolute atomic E-state index is 0.250. The number of quaternary nitrogens is 1. The monoisotopic (exact) mass is 374 g/mol. The number of aliphatic carboxylic acids is 1. The number of hydrogen-bond acceptors (Lipinski definition) is 1. The largest absolute Gasteiger partial charge is 0.481 e. The van der Waals surface area contributed by atoms with Gasteiger partial charge in [0.1, 0.15) is 6.54 Å². The Hall–Kier alpha value is -2.57. The molecule has 4 rings (SSSR count). The summed E-state index contributed by atoms with van der Waals surface area (Å²) in [5.74, 6) is 6.48. The van der Waals surface area contributed by atoms with E-state index in [-0.39, 0.29) is 11.8 Å². The Morgan fingerprint density at radius 1 is 1.11 bits per heavy atom. The Balaban J connectivity index is 1.53. The van der Waals surface area contributed by atoms with Crippen molar-refractivity contribution in [2.45, 2.75) is 51.0 Å². The standard InChI is InChI=1S/C25H27NO2/c1-18(2)21-8-5-19(6-9-21)3-4-20-7-10-22-16-26(14-11-24(27)28)17-25(12-13-25)23(22)15-20/h5-10,15,18H,11-14,16-17H2,1-2H3,(H,27,28)/p+1. The van der Waals surface area contributed by atoms with Crippen LogP contribution in [0.1, 0.15) is 66.8 Å². The van der Waals surface area contributed by atoms with Crippen molar-refractivity contribution in [1.29, 1.82) is 0 Å². The van der Waals surface area contributed by atoms with Crippen LogP contribution in [0.3, 0.4) is 0 Å². The molecular weight excluding hydrogens is 346 g/mol. The van der Waals surface area contributed by atoms with E-state index in [9.17, 15) is 4.79 Å². The van der Waals surface area contributed by atoms with E-state index in [0.717, 1.165) is 24.2 Å². The third-order valence-electron chi connectivity index (χ3n) is 6.18. The molecule has 3 nitrogen and oxygen atoms in total. The first-order chi connectivity index (χ1) is 13.4. The predicted molar refractivity (Wildman–Crippen MR) is 111 cm³/mol. The van der Waals surface area contributed by atoms with Crippen molar-refractivity contribution in [2.75, 3.05) is 13.1 Å². The van der Waals surface area contributed by atoms with E-state index in [1.807, 2.05) is 0 Å². The SMILES string of the molecule is CC(C)c1ccc(C#Cc2ccc3c(c2)C2(CC2)C[NH+](CCC(=O)O)C3)cc1. The third-order valence-corrected chi connectivity index (χ3v) is 6.18. The highest BCUT2D eigenvalue weighted by Crippen LogP contribution is 2.49. The van der Waals surface area contributed by atoms with E-state index in [0.29, 0.717) is 12.5 Å². The second kappa shape index (κ2) is 7.45. The molecule has 1 saturated carbocycles. The molecule has 2 aromatic carbocycles. The zero-order valence-corrected chi connectivity index (χ0v) is 16.7. The van der Waals surface area contributed by atoms with Gasteiger partial charge in [0.25, 0.3) is 0 Å². The fraction of sp³-hybridized carbons (Fsp3) is 0.400. The summed E-state index contributed by atoms with van der Waals surface area (Å²) in [4.78, 5) is 12.3. The molecule has 3 heteroatoms. The molecule has 2 N–H and O–H groups in total. The van der Waals surface area contributed by atoms with Crippen LogP contribution in [0.15, 0.2) is 42.5 Å². The molecule has 2 aromatic rings. The van der Waals surface area contributed by atoms with Crippen molar-refractivity contribution in [3.63, 3.8) is 0 Å². The molecule has 1 spiro atoms. The highest BCUT2D eigenvalue weighted by Gasteiger charge is 2.51. The van der Waals surface area contributed by atoms with Gasteiger partial charge in [-0.25, -0.2) is 0 Å². The summed E-state index contributed by atoms with van der Waals surface area (Å²) < 4.78 is 0. The van der Waals surface area contributed by atoms with Crippen molar-refractivity contribution in [1.82, 2.24) is 0 Å². The van der Waals surface area contributed by atoms with Gasteiger partial charge in [-0.3, -0.25) is 4.79 Å². The fourth-order valence-electron chi connectivity index (χ4n) is 4.36.